The third kappa shape index (κ3) is 3.81. The van der Waals surface area contributed by atoms with Gasteiger partial charge in [0.2, 0.25) is 5.92 Å². The Bertz CT molecular complexity index is 829. The molecule has 0 bridgehead atoms. The number of likely N-dealkylation sites (tertiary alicyclic amines) is 1. The standard InChI is InChI=1S/C21H26F2N4/c1-3-8-27-10-5-16(14-27)18-13-24-20(15-4-7-21(22,23)12-15)11-17(18)19-6-9-26(2)25-19/h3,6,9,11,13,15-16H,1,4-5,7-8,10,12,14H2,2H3. The normalized spacial score (nSPS) is 25.1. The maximum atomic E-state index is 13.7. The van der Waals surface area contributed by atoms with Crippen molar-refractivity contribution in [3.05, 3.63) is 48.4 Å². The second kappa shape index (κ2) is 7.15. The fraction of sp³-hybridized carbons (Fsp3) is 0.524. The summed E-state index contributed by atoms with van der Waals surface area (Å²) in [5.41, 5.74) is 3.88. The maximum Gasteiger partial charge on any atom is 0.248 e. The predicted octanol–water partition coefficient (Wildman–Crippen LogP) is 4.36. The molecule has 27 heavy (non-hydrogen) atoms. The van der Waals surface area contributed by atoms with Crippen molar-refractivity contribution in [2.24, 2.45) is 7.05 Å². The Hall–Kier alpha value is -2.08. The van der Waals surface area contributed by atoms with Gasteiger partial charge in [0.05, 0.1) is 5.69 Å². The zero-order valence-corrected chi connectivity index (χ0v) is 15.7. The number of halogens is 2. The van der Waals surface area contributed by atoms with Crippen LogP contribution in [0.3, 0.4) is 0 Å². The number of alkyl halides is 2. The summed E-state index contributed by atoms with van der Waals surface area (Å²) in [7, 11) is 1.89. The minimum absolute atomic E-state index is 0.0425. The first-order chi connectivity index (χ1) is 12.9. The second-order valence-corrected chi connectivity index (χ2v) is 7.90. The highest BCUT2D eigenvalue weighted by Crippen LogP contribution is 2.45. The van der Waals surface area contributed by atoms with Gasteiger partial charge >= 0.3 is 0 Å². The Morgan fingerprint density at radius 3 is 2.85 bits per heavy atom. The molecular formula is C21H26F2N4. The number of aryl methyl sites for hydroxylation is 1. The fourth-order valence-electron chi connectivity index (χ4n) is 4.45. The Morgan fingerprint density at radius 1 is 1.33 bits per heavy atom. The van der Waals surface area contributed by atoms with Crippen LogP contribution in [0.15, 0.2) is 37.2 Å². The molecule has 2 atom stereocenters. The number of rotatable bonds is 5. The molecule has 0 radical (unpaired) electrons. The van der Waals surface area contributed by atoms with Crippen LogP contribution >= 0.6 is 0 Å². The van der Waals surface area contributed by atoms with Crippen LogP contribution in [0.25, 0.3) is 11.3 Å². The SMILES string of the molecule is C=CCN1CCC(c2cnc(C3CCC(F)(F)C3)cc2-c2ccn(C)n2)C1. The van der Waals surface area contributed by atoms with Crippen molar-refractivity contribution >= 4 is 0 Å². The molecule has 4 nitrogen and oxygen atoms in total. The van der Waals surface area contributed by atoms with E-state index in [9.17, 15) is 8.78 Å². The molecule has 1 saturated heterocycles. The Morgan fingerprint density at radius 2 is 2.19 bits per heavy atom. The Kier molecular flexibility index (Phi) is 4.84. The van der Waals surface area contributed by atoms with E-state index in [4.69, 9.17) is 0 Å². The summed E-state index contributed by atoms with van der Waals surface area (Å²) < 4.78 is 29.2. The summed E-state index contributed by atoms with van der Waals surface area (Å²) in [5.74, 6) is -2.35. The first-order valence-electron chi connectivity index (χ1n) is 9.66. The summed E-state index contributed by atoms with van der Waals surface area (Å²) >= 11 is 0. The van der Waals surface area contributed by atoms with Gasteiger partial charge in [-0.3, -0.25) is 14.6 Å². The Balaban J connectivity index is 1.68. The van der Waals surface area contributed by atoms with Gasteiger partial charge in [-0.25, -0.2) is 8.78 Å². The van der Waals surface area contributed by atoms with E-state index in [1.807, 2.05) is 37.7 Å². The lowest BCUT2D eigenvalue weighted by Crippen LogP contribution is -2.20. The molecule has 1 saturated carbocycles. The minimum atomic E-state index is -2.56. The third-order valence-electron chi connectivity index (χ3n) is 5.87. The fourth-order valence-corrected chi connectivity index (χ4v) is 4.45. The molecule has 0 spiro atoms. The molecule has 6 heteroatoms. The van der Waals surface area contributed by atoms with Gasteiger partial charge in [-0.05, 0) is 37.1 Å². The number of hydrogen-bond donors (Lipinski definition) is 0. The molecule has 2 unspecified atom stereocenters. The lowest BCUT2D eigenvalue weighted by atomic mass is 9.91. The van der Waals surface area contributed by atoms with E-state index in [1.54, 1.807) is 4.68 Å². The van der Waals surface area contributed by atoms with Crippen LogP contribution < -0.4 is 0 Å². The van der Waals surface area contributed by atoms with E-state index in [0.717, 1.165) is 43.0 Å². The quantitative estimate of drug-likeness (QED) is 0.732. The lowest BCUT2D eigenvalue weighted by Gasteiger charge is -2.18. The van der Waals surface area contributed by atoms with E-state index in [1.165, 1.54) is 5.56 Å². The monoisotopic (exact) mass is 372 g/mol. The van der Waals surface area contributed by atoms with Crippen molar-refractivity contribution in [1.29, 1.82) is 0 Å². The van der Waals surface area contributed by atoms with Crippen molar-refractivity contribution < 1.29 is 8.78 Å². The van der Waals surface area contributed by atoms with E-state index >= 15 is 0 Å². The van der Waals surface area contributed by atoms with Crippen LogP contribution in [0.4, 0.5) is 8.78 Å². The largest absolute Gasteiger partial charge is 0.299 e. The minimum Gasteiger partial charge on any atom is -0.299 e. The van der Waals surface area contributed by atoms with Gasteiger partial charge in [-0.2, -0.15) is 5.10 Å². The predicted molar refractivity (Wildman–Crippen MR) is 102 cm³/mol. The summed E-state index contributed by atoms with van der Waals surface area (Å²) in [5, 5.41) is 4.58. The van der Waals surface area contributed by atoms with Crippen LogP contribution in [0, 0.1) is 0 Å². The molecule has 1 aliphatic carbocycles. The smallest absolute Gasteiger partial charge is 0.248 e. The van der Waals surface area contributed by atoms with Crippen molar-refractivity contribution in [2.75, 3.05) is 19.6 Å². The zero-order valence-electron chi connectivity index (χ0n) is 15.7. The number of aromatic nitrogens is 3. The number of hydrogen-bond acceptors (Lipinski definition) is 3. The van der Waals surface area contributed by atoms with Gasteiger partial charge in [-0.1, -0.05) is 6.08 Å². The summed E-state index contributed by atoms with van der Waals surface area (Å²) in [4.78, 5) is 7.01. The topological polar surface area (TPSA) is 34.0 Å². The van der Waals surface area contributed by atoms with Gasteiger partial charge in [0.15, 0.2) is 0 Å². The van der Waals surface area contributed by atoms with Gasteiger partial charge in [0.25, 0.3) is 0 Å². The molecule has 1 aliphatic heterocycles. The summed E-state index contributed by atoms with van der Waals surface area (Å²) in [6, 6.07) is 4.00. The molecule has 2 aromatic heterocycles. The molecule has 3 heterocycles. The Labute approximate surface area is 158 Å². The molecule has 0 N–H and O–H groups in total. The highest BCUT2D eigenvalue weighted by atomic mass is 19.3. The highest BCUT2D eigenvalue weighted by molar-refractivity contribution is 5.64. The molecular weight excluding hydrogens is 346 g/mol. The molecule has 0 amide bonds. The van der Waals surface area contributed by atoms with Gasteiger partial charge in [0, 0.05) is 68.5 Å². The first-order valence-corrected chi connectivity index (χ1v) is 9.66. The van der Waals surface area contributed by atoms with Gasteiger partial charge < -0.3 is 0 Å². The lowest BCUT2D eigenvalue weighted by molar-refractivity contribution is 0.00766. The van der Waals surface area contributed by atoms with Crippen molar-refractivity contribution in [3.63, 3.8) is 0 Å². The zero-order chi connectivity index (χ0) is 19.0. The van der Waals surface area contributed by atoms with Crippen molar-refractivity contribution in [3.8, 4) is 11.3 Å². The van der Waals surface area contributed by atoms with Crippen LogP contribution in [0.2, 0.25) is 0 Å². The molecule has 2 aliphatic rings. The van der Waals surface area contributed by atoms with E-state index < -0.39 is 5.92 Å². The number of pyridine rings is 1. The maximum absolute atomic E-state index is 13.7. The second-order valence-electron chi connectivity index (χ2n) is 7.90. The van der Waals surface area contributed by atoms with Crippen molar-refractivity contribution in [2.45, 2.75) is 43.4 Å². The number of nitrogens with zero attached hydrogens (tertiary/aromatic N) is 4. The van der Waals surface area contributed by atoms with Crippen molar-refractivity contribution in [1.82, 2.24) is 19.7 Å². The molecule has 4 rings (SSSR count). The highest BCUT2D eigenvalue weighted by Gasteiger charge is 2.41. The molecule has 144 valence electrons. The average molecular weight is 372 g/mol. The van der Waals surface area contributed by atoms with Gasteiger partial charge in [-0.15, -0.1) is 6.58 Å². The van der Waals surface area contributed by atoms with E-state index in [2.05, 4.69) is 21.6 Å². The molecule has 2 aromatic rings. The molecule has 2 fully saturated rings. The van der Waals surface area contributed by atoms with Crippen LogP contribution in [0.5, 0.6) is 0 Å². The van der Waals surface area contributed by atoms with E-state index in [0.29, 0.717) is 12.3 Å². The van der Waals surface area contributed by atoms with Crippen LogP contribution in [-0.2, 0) is 7.05 Å². The summed E-state index contributed by atoms with van der Waals surface area (Å²) in [6.45, 7) is 6.72. The average Bonchev–Trinajstić information content (AvgIpc) is 3.35. The van der Waals surface area contributed by atoms with Gasteiger partial charge in [0.1, 0.15) is 0 Å². The third-order valence-corrected chi connectivity index (χ3v) is 5.87. The summed E-state index contributed by atoms with van der Waals surface area (Å²) in [6.07, 6.45) is 7.19. The van der Waals surface area contributed by atoms with Crippen LogP contribution in [0.1, 0.15) is 48.8 Å². The first kappa shape index (κ1) is 18.3. The van der Waals surface area contributed by atoms with E-state index in [-0.39, 0.29) is 18.8 Å². The molecule has 0 aromatic carbocycles. The van der Waals surface area contributed by atoms with Crippen LogP contribution in [-0.4, -0.2) is 45.2 Å².